The molecule has 0 saturated heterocycles. The van der Waals surface area contributed by atoms with Gasteiger partial charge in [0.1, 0.15) is 11.6 Å². The maximum Gasteiger partial charge on any atom is 0.140 e. The molecule has 4 heterocycles. The highest BCUT2D eigenvalue weighted by Gasteiger charge is 2.17. The number of para-hydroxylation sites is 2. The molecule has 0 spiro atoms. The van der Waals surface area contributed by atoms with E-state index in [9.17, 15) is 0 Å². The van der Waals surface area contributed by atoms with Gasteiger partial charge in [0, 0.05) is 46.4 Å². The number of rotatable bonds is 4. The van der Waals surface area contributed by atoms with Crippen molar-refractivity contribution in [1.82, 2.24) is 19.1 Å². The molecule has 0 saturated carbocycles. The second-order valence-electron chi connectivity index (χ2n) is 10.0. The van der Waals surface area contributed by atoms with Crippen molar-refractivity contribution in [2.24, 2.45) is 7.05 Å². The van der Waals surface area contributed by atoms with Crippen LogP contribution in [-0.2, 0) is 7.05 Å². The first-order valence-electron chi connectivity index (χ1n) is 13.3. The Morgan fingerprint density at radius 2 is 1.52 bits per heavy atom. The zero-order chi connectivity index (χ0) is 26.6. The number of pyridine rings is 1. The fraction of sp³-hybridized carbons (Fsp3) is 0.0286. The van der Waals surface area contributed by atoms with Crippen molar-refractivity contribution in [1.29, 1.82) is 0 Å². The number of nitrogens with zero attached hydrogens (tertiary/aromatic N) is 4. The van der Waals surface area contributed by atoms with E-state index in [1.807, 2.05) is 42.6 Å². The third-order valence-electron chi connectivity index (χ3n) is 7.68. The van der Waals surface area contributed by atoms with Gasteiger partial charge in [0.2, 0.25) is 0 Å². The SMILES string of the molecule is Cn1c(-c2ccc3c4cc(-c5ccco5)ccc4n(-c4cccc(-c5ccccn5)c4)c3c2)nc2ccccc21. The Hall–Kier alpha value is -5.42. The lowest BCUT2D eigenvalue weighted by Crippen LogP contribution is -1.96. The van der Waals surface area contributed by atoms with Crippen LogP contribution >= 0.6 is 0 Å². The van der Waals surface area contributed by atoms with Gasteiger partial charge in [-0.15, -0.1) is 0 Å². The third kappa shape index (κ3) is 3.48. The van der Waals surface area contributed by atoms with Crippen LogP contribution in [0.2, 0.25) is 0 Å². The fourth-order valence-corrected chi connectivity index (χ4v) is 5.78. The Balaban J connectivity index is 1.40. The molecular weight excluding hydrogens is 492 g/mol. The summed E-state index contributed by atoms with van der Waals surface area (Å²) in [5, 5.41) is 2.35. The van der Waals surface area contributed by atoms with Gasteiger partial charge in [-0.3, -0.25) is 4.98 Å². The molecule has 5 heteroatoms. The standard InChI is InChI=1S/C35H24N4O/c1-38-32-12-3-2-11-30(32)37-35(38)25-14-16-27-28-21-24(34-13-7-19-40-34)15-17-31(28)39(33(27)22-25)26-9-6-8-23(20-26)29-10-4-5-18-36-29/h2-22H,1H3. The molecule has 0 amide bonds. The van der Waals surface area contributed by atoms with Gasteiger partial charge in [0.05, 0.1) is 34.0 Å². The maximum atomic E-state index is 5.73. The van der Waals surface area contributed by atoms with Crippen LogP contribution in [0.5, 0.6) is 0 Å². The van der Waals surface area contributed by atoms with Crippen molar-refractivity contribution < 1.29 is 4.42 Å². The Morgan fingerprint density at radius 1 is 0.625 bits per heavy atom. The van der Waals surface area contributed by atoms with Crippen LogP contribution in [0.4, 0.5) is 0 Å². The van der Waals surface area contributed by atoms with E-state index in [-0.39, 0.29) is 0 Å². The summed E-state index contributed by atoms with van der Waals surface area (Å²) in [6.07, 6.45) is 3.55. The molecule has 0 radical (unpaired) electrons. The molecule has 190 valence electrons. The van der Waals surface area contributed by atoms with Crippen molar-refractivity contribution in [3.05, 3.63) is 128 Å². The molecule has 0 N–H and O–H groups in total. The molecular formula is C35H24N4O. The molecule has 4 aromatic heterocycles. The van der Waals surface area contributed by atoms with Crippen molar-refractivity contribution in [3.8, 4) is 39.7 Å². The lowest BCUT2D eigenvalue weighted by molar-refractivity contribution is 0.582. The monoisotopic (exact) mass is 516 g/mol. The fourth-order valence-electron chi connectivity index (χ4n) is 5.78. The Morgan fingerprint density at radius 3 is 2.38 bits per heavy atom. The topological polar surface area (TPSA) is 48.8 Å². The van der Waals surface area contributed by atoms with Crippen LogP contribution in [0.3, 0.4) is 0 Å². The highest BCUT2D eigenvalue weighted by atomic mass is 16.3. The Labute approximate surface area is 230 Å². The quantitative estimate of drug-likeness (QED) is 0.235. The summed E-state index contributed by atoms with van der Waals surface area (Å²) in [6, 6.07) is 40.0. The number of hydrogen-bond acceptors (Lipinski definition) is 3. The van der Waals surface area contributed by atoms with Gasteiger partial charge in [-0.1, -0.05) is 42.5 Å². The first-order chi connectivity index (χ1) is 19.7. The van der Waals surface area contributed by atoms with Gasteiger partial charge in [-0.05, 0) is 72.8 Å². The van der Waals surface area contributed by atoms with Crippen LogP contribution in [0, 0.1) is 0 Å². The molecule has 0 unspecified atom stereocenters. The molecule has 0 fully saturated rings. The average molecular weight is 517 g/mol. The number of aromatic nitrogens is 4. The van der Waals surface area contributed by atoms with Gasteiger partial charge in [0.15, 0.2) is 0 Å². The van der Waals surface area contributed by atoms with E-state index < -0.39 is 0 Å². The smallest absolute Gasteiger partial charge is 0.140 e. The van der Waals surface area contributed by atoms with Gasteiger partial charge in [-0.2, -0.15) is 0 Å². The summed E-state index contributed by atoms with van der Waals surface area (Å²) in [6.45, 7) is 0. The molecule has 0 bridgehead atoms. The van der Waals surface area contributed by atoms with Crippen LogP contribution in [0.25, 0.3) is 72.5 Å². The molecule has 8 aromatic rings. The summed E-state index contributed by atoms with van der Waals surface area (Å²) in [5.74, 6) is 1.80. The predicted molar refractivity (Wildman–Crippen MR) is 161 cm³/mol. The Kier molecular flexibility index (Phi) is 4.97. The molecule has 4 aromatic carbocycles. The summed E-state index contributed by atoms with van der Waals surface area (Å²) in [4.78, 5) is 9.57. The molecule has 8 rings (SSSR count). The third-order valence-corrected chi connectivity index (χ3v) is 7.68. The minimum Gasteiger partial charge on any atom is -0.464 e. The number of hydrogen-bond donors (Lipinski definition) is 0. The molecule has 40 heavy (non-hydrogen) atoms. The van der Waals surface area contributed by atoms with E-state index in [0.717, 1.165) is 61.7 Å². The first kappa shape index (κ1) is 22.6. The van der Waals surface area contributed by atoms with Crippen molar-refractivity contribution in [3.63, 3.8) is 0 Å². The summed E-state index contributed by atoms with van der Waals surface area (Å²) < 4.78 is 10.2. The summed E-state index contributed by atoms with van der Waals surface area (Å²) >= 11 is 0. The molecule has 5 nitrogen and oxygen atoms in total. The van der Waals surface area contributed by atoms with Crippen molar-refractivity contribution in [2.75, 3.05) is 0 Å². The summed E-state index contributed by atoms with van der Waals surface area (Å²) in [7, 11) is 2.08. The minimum absolute atomic E-state index is 0.858. The lowest BCUT2D eigenvalue weighted by atomic mass is 10.1. The van der Waals surface area contributed by atoms with Gasteiger partial charge >= 0.3 is 0 Å². The van der Waals surface area contributed by atoms with Crippen LogP contribution in [0.15, 0.2) is 132 Å². The van der Waals surface area contributed by atoms with Crippen LogP contribution in [0.1, 0.15) is 0 Å². The highest BCUT2D eigenvalue weighted by molar-refractivity contribution is 6.11. The molecule has 0 atom stereocenters. The first-order valence-corrected chi connectivity index (χ1v) is 13.3. The van der Waals surface area contributed by atoms with Crippen molar-refractivity contribution >= 4 is 32.8 Å². The Bertz CT molecular complexity index is 2170. The zero-order valence-corrected chi connectivity index (χ0v) is 21.8. The van der Waals surface area contributed by atoms with Crippen LogP contribution < -0.4 is 0 Å². The zero-order valence-electron chi connectivity index (χ0n) is 21.8. The van der Waals surface area contributed by atoms with Crippen LogP contribution in [-0.4, -0.2) is 19.1 Å². The van der Waals surface area contributed by atoms with E-state index in [1.165, 1.54) is 10.8 Å². The maximum absolute atomic E-state index is 5.73. The normalized spacial score (nSPS) is 11.6. The molecule has 0 aliphatic heterocycles. The van der Waals surface area contributed by atoms with E-state index in [0.29, 0.717) is 0 Å². The van der Waals surface area contributed by atoms with E-state index in [1.54, 1.807) is 6.26 Å². The predicted octanol–water partition coefficient (Wildman–Crippen LogP) is 8.66. The number of fused-ring (bicyclic) bond motifs is 4. The van der Waals surface area contributed by atoms with E-state index in [4.69, 9.17) is 9.40 Å². The molecule has 0 aliphatic carbocycles. The lowest BCUT2D eigenvalue weighted by Gasteiger charge is -2.11. The second-order valence-corrected chi connectivity index (χ2v) is 10.0. The van der Waals surface area contributed by atoms with Gasteiger partial charge < -0.3 is 13.6 Å². The largest absolute Gasteiger partial charge is 0.464 e. The van der Waals surface area contributed by atoms with E-state index in [2.05, 4.69) is 100 Å². The van der Waals surface area contributed by atoms with Gasteiger partial charge in [-0.25, -0.2) is 4.98 Å². The average Bonchev–Trinajstić information content (AvgIpc) is 3.74. The number of furan rings is 1. The highest BCUT2D eigenvalue weighted by Crippen LogP contribution is 2.38. The number of aryl methyl sites for hydroxylation is 1. The van der Waals surface area contributed by atoms with E-state index >= 15 is 0 Å². The number of benzene rings is 4. The summed E-state index contributed by atoms with van der Waals surface area (Å²) in [5.41, 5.74) is 9.59. The van der Waals surface area contributed by atoms with Crippen molar-refractivity contribution in [2.45, 2.75) is 0 Å². The number of imidazole rings is 1. The molecule has 0 aliphatic rings. The van der Waals surface area contributed by atoms with Gasteiger partial charge in [0.25, 0.3) is 0 Å². The minimum atomic E-state index is 0.858. The second kappa shape index (κ2) is 8.82.